The summed E-state index contributed by atoms with van der Waals surface area (Å²) in [5.74, 6) is -0.210. The fraction of sp³-hybridized carbons (Fsp3) is 0.333. The molecule has 1 unspecified atom stereocenters. The molecule has 0 saturated heterocycles. The van der Waals surface area contributed by atoms with Gasteiger partial charge in [-0.3, -0.25) is 14.4 Å². The van der Waals surface area contributed by atoms with E-state index in [9.17, 15) is 14.4 Å². The maximum absolute atomic E-state index is 12.4. The van der Waals surface area contributed by atoms with Crippen molar-refractivity contribution >= 4 is 29.2 Å². The quantitative estimate of drug-likeness (QED) is 0.649. The van der Waals surface area contributed by atoms with Gasteiger partial charge in [0.1, 0.15) is 13.2 Å². The van der Waals surface area contributed by atoms with Gasteiger partial charge in [0.25, 0.3) is 5.91 Å². The minimum atomic E-state index is -1.02. The summed E-state index contributed by atoms with van der Waals surface area (Å²) < 4.78 is 16.1. The second-order valence-corrected chi connectivity index (χ2v) is 7.66. The monoisotopic (exact) mass is 451 g/mol. The molecule has 0 aliphatic carbocycles. The molecule has 33 heavy (non-hydrogen) atoms. The van der Waals surface area contributed by atoms with E-state index >= 15 is 0 Å². The Kier molecular flexibility index (Phi) is 6.87. The molecule has 0 radical (unpaired) electrons. The molecule has 0 spiro atoms. The van der Waals surface area contributed by atoms with Crippen molar-refractivity contribution in [2.45, 2.75) is 32.3 Å². The van der Waals surface area contributed by atoms with Crippen LogP contribution in [-0.2, 0) is 19.1 Å². The molecule has 0 bridgehead atoms. The van der Waals surface area contributed by atoms with Crippen LogP contribution in [0.4, 0.5) is 5.69 Å². The minimum Gasteiger partial charge on any atom is -0.486 e. The van der Waals surface area contributed by atoms with E-state index in [1.165, 1.54) is 11.9 Å². The number of hydrogen-bond donors (Lipinski definition) is 1. The molecule has 1 N–H and O–H groups in total. The molecule has 172 valence electrons. The Balaban J connectivity index is 1.23. The number of ether oxygens (including phenoxy) is 3. The zero-order valence-corrected chi connectivity index (χ0v) is 18.3. The van der Waals surface area contributed by atoms with Gasteiger partial charge in [0.15, 0.2) is 17.6 Å². The van der Waals surface area contributed by atoms with Crippen molar-refractivity contribution in [3.63, 3.8) is 0 Å². The molecule has 2 heterocycles. The number of amides is 2. The van der Waals surface area contributed by atoms with E-state index in [4.69, 9.17) is 14.2 Å². The zero-order valence-electron chi connectivity index (χ0n) is 18.3. The highest BCUT2D eigenvalue weighted by Gasteiger charge is 2.24. The molecular weight excluding hydrogens is 426 g/mol. The summed E-state index contributed by atoms with van der Waals surface area (Å²) in [7, 11) is 0. The lowest BCUT2D eigenvalue weighted by Gasteiger charge is -2.19. The second kappa shape index (κ2) is 10.2. The maximum Gasteiger partial charge on any atom is 0.307 e. The Bertz CT molecular complexity index is 1070. The number of hydrogen-bond acceptors (Lipinski definition) is 7. The number of fused-ring (bicyclic) bond motifs is 1. The predicted molar refractivity (Wildman–Crippen MR) is 120 cm³/mol. The van der Waals surface area contributed by atoms with Crippen LogP contribution in [0.25, 0.3) is 0 Å². The number of nitrogens with zero attached hydrogens (tertiary/aromatic N) is 2. The van der Waals surface area contributed by atoms with Crippen molar-refractivity contribution in [2.75, 3.05) is 25.1 Å². The van der Waals surface area contributed by atoms with Crippen LogP contribution in [0.1, 0.15) is 31.7 Å². The smallest absolute Gasteiger partial charge is 0.307 e. The molecular formula is C24H25N3O6. The highest BCUT2D eigenvalue weighted by atomic mass is 16.6. The Morgan fingerprint density at radius 3 is 2.61 bits per heavy atom. The number of anilines is 1. The molecule has 0 fully saturated rings. The highest BCUT2D eigenvalue weighted by molar-refractivity contribution is 6.02. The van der Waals surface area contributed by atoms with Crippen LogP contribution in [0.3, 0.4) is 0 Å². The van der Waals surface area contributed by atoms with Gasteiger partial charge in [-0.15, -0.1) is 0 Å². The Morgan fingerprint density at radius 1 is 1.06 bits per heavy atom. The van der Waals surface area contributed by atoms with E-state index in [-0.39, 0.29) is 18.7 Å². The Morgan fingerprint density at radius 2 is 1.82 bits per heavy atom. The molecule has 4 rings (SSSR count). The van der Waals surface area contributed by atoms with Crippen LogP contribution in [-0.4, -0.2) is 54.4 Å². The lowest BCUT2D eigenvalue weighted by atomic mass is 10.1. The lowest BCUT2D eigenvalue weighted by molar-refractivity contribution is -0.154. The average molecular weight is 451 g/mol. The fourth-order valence-corrected chi connectivity index (χ4v) is 3.48. The van der Waals surface area contributed by atoms with E-state index in [2.05, 4.69) is 10.4 Å². The summed E-state index contributed by atoms with van der Waals surface area (Å²) in [6.07, 6.45) is -0.527. The summed E-state index contributed by atoms with van der Waals surface area (Å²) in [4.78, 5) is 37.0. The third kappa shape index (κ3) is 5.68. The van der Waals surface area contributed by atoms with Gasteiger partial charge in [-0.05, 0) is 24.6 Å². The van der Waals surface area contributed by atoms with Crippen molar-refractivity contribution < 1.29 is 28.6 Å². The molecule has 0 aromatic heterocycles. The van der Waals surface area contributed by atoms with Gasteiger partial charge in [-0.2, -0.15) is 5.10 Å². The maximum atomic E-state index is 12.4. The van der Waals surface area contributed by atoms with Crippen LogP contribution in [0.5, 0.6) is 11.5 Å². The van der Waals surface area contributed by atoms with E-state index in [0.29, 0.717) is 43.4 Å². The van der Waals surface area contributed by atoms with E-state index < -0.39 is 18.0 Å². The van der Waals surface area contributed by atoms with Crippen molar-refractivity contribution in [1.29, 1.82) is 0 Å². The third-order valence-corrected chi connectivity index (χ3v) is 5.23. The van der Waals surface area contributed by atoms with Gasteiger partial charge in [-0.25, -0.2) is 5.01 Å². The number of benzene rings is 2. The van der Waals surface area contributed by atoms with Crippen LogP contribution in [0.2, 0.25) is 0 Å². The standard InChI is InChI=1S/C24H25N3O6/c1-16(24(30)25-18-7-8-20-21(15-18)32-14-13-31-20)33-23(29)10-9-22(28)27-12-11-19(26-27)17-5-3-2-4-6-17/h2-8,15-16H,9-14H2,1H3,(H,25,30). The fourth-order valence-electron chi connectivity index (χ4n) is 3.48. The molecule has 0 saturated carbocycles. The molecule has 2 amide bonds. The summed E-state index contributed by atoms with van der Waals surface area (Å²) in [6, 6.07) is 14.7. The number of carbonyl (C=O) groups is 3. The Hall–Kier alpha value is -3.88. The van der Waals surface area contributed by atoms with Crippen LogP contribution in [0.15, 0.2) is 53.6 Å². The average Bonchev–Trinajstić information content (AvgIpc) is 3.33. The van der Waals surface area contributed by atoms with E-state index in [0.717, 1.165) is 11.3 Å². The summed E-state index contributed by atoms with van der Waals surface area (Å²) in [5.41, 5.74) is 2.32. The molecule has 2 aliphatic rings. The normalized spacial score (nSPS) is 15.4. The first-order valence-electron chi connectivity index (χ1n) is 10.8. The first-order chi connectivity index (χ1) is 16.0. The number of rotatable bonds is 7. The lowest BCUT2D eigenvalue weighted by Crippen LogP contribution is -2.30. The number of carbonyl (C=O) groups excluding carboxylic acids is 3. The minimum absolute atomic E-state index is 0.0408. The molecule has 9 nitrogen and oxygen atoms in total. The van der Waals surface area contributed by atoms with E-state index in [1.807, 2.05) is 30.3 Å². The molecule has 1 atom stereocenters. The van der Waals surface area contributed by atoms with Crippen LogP contribution < -0.4 is 14.8 Å². The SMILES string of the molecule is CC(OC(=O)CCC(=O)N1CCC(c2ccccc2)=N1)C(=O)Nc1ccc2c(c1)OCCO2. The van der Waals surface area contributed by atoms with Crippen molar-refractivity contribution in [3.05, 3.63) is 54.1 Å². The molecule has 2 aromatic rings. The molecule has 9 heteroatoms. The van der Waals surface area contributed by atoms with Crippen molar-refractivity contribution in [2.24, 2.45) is 5.10 Å². The number of esters is 1. The topological polar surface area (TPSA) is 107 Å². The van der Waals surface area contributed by atoms with Gasteiger partial charge in [0.2, 0.25) is 5.91 Å². The summed E-state index contributed by atoms with van der Waals surface area (Å²) >= 11 is 0. The zero-order chi connectivity index (χ0) is 23.2. The van der Waals surface area contributed by atoms with Crippen LogP contribution in [0, 0.1) is 0 Å². The summed E-state index contributed by atoms with van der Waals surface area (Å²) in [5, 5.41) is 8.43. The third-order valence-electron chi connectivity index (χ3n) is 5.23. The number of hydrazone groups is 1. The highest BCUT2D eigenvalue weighted by Crippen LogP contribution is 2.32. The van der Waals surface area contributed by atoms with Gasteiger partial charge in [-0.1, -0.05) is 30.3 Å². The molecule has 2 aliphatic heterocycles. The number of nitrogens with one attached hydrogen (secondary N) is 1. The van der Waals surface area contributed by atoms with Gasteiger partial charge >= 0.3 is 5.97 Å². The van der Waals surface area contributed by atoms with Gasteiger partial charge in [0.05, 0.1) is 18.7 Å². The van der Waals surface area contributed by atoms with Crippen LogP contribution >= 0.6 is 0 Å². The van der Waals surface area contributed by atoms with Crippen molar-refractivity contribution in [3.8, 4) is 11.5 Å². The summed E-state index contributed by atoms with van der Waals surface area (Å²) in [6.45, 7) is 2.87. The van der Waals surface area contributed by atoms with Gasteiger partial charge < -0.3 is 19.5 Å². The first-order valence-corrected chi connectivity index (χ1v) is 10.8. The van der Waals surface area contributed by atoms with Crippen molar-refractivity contribution in [1.82, 2.24) is 5.01 Å². The second-order valence-electron chi connectivity index (χ2n) is 7.66. The molecule has 2 aromatic carbocycles. The van der Waals surface area contributed by atoms with E-state index in [1.54, 1.807) is 18.2 Å². The first kappa shape index (κ1) is 22.3. The van der Waals surface area contributed by atoms with Gasteiger partial charge in [0, 0.05) is 24.6 Å². The Labute approximate surface area is 191 Å². The predicted octanol–water partition coefficient (Wildman–Crippen LogP) is 2.74. The largest absolute Gasteiger partial charge is 0.486 e.